The molecule has 0 saturated carbocycles. The Bertz CT molecular complexity index is 1400. The number of phenolic OH excluding ortho intramolecular Hbond substituents is 1. The molecule has 7 nitrogen and oxygen atoms in total. The number of methoxy groups -OCH3 is 1. The lowest BCUT2D eigenvalue weighted by Gasteiger charge is -2.04. The maximum Gasteiger partial charge on any atom is 0.251 e. The van der Waals surface area contributed by atoms with Gasteiger partial charge in [-0.15, -0.1) is 20.4 Å². The van der Waals surface area contributed by atoms with Crippen molar-refractivity contribution in [3.63, 3.8) is 0 Å². The van der Waals surface area contributed by atoms with Crippen molar-refractivity contribution in [1.82, 2.24) is 20.4 Å². The Morgan fingerprint density at radius 1 is 0.812 bits per heavy atom. The predicted octanol–water partition coefficient (Wildman–Crippen LogP) is 5.96. The number of ether oxygens (including phenoxy) is 1. The molecule has 0 fully saturated rings. The van der Waals surface area contributed by atoms with Gasteiger partial charge in [0.15, 0.2) is 0 Å². The molecule has 0 aliphatic carbocycles. The second-order valence-corrected chi connectivity index (χ2v) is 8.15. The van der Waals surface area contributed by atoms with Crippen LogP contribution in [0.4, 0.5) is 0 Å². The molecule has 0 atom stereocenters. The molecule has 5 rings (SSSR count). The number of rotatable bonds is 5. The number of hydrogen-bond acceptors (Lipinski definition) is 8. The molecule has 5 aromatic rings. The van der Waals surface area contributed by atoms with Crippen molar-refractivity contribution in [2.75, 3.05) is 7.11 Å². The van der Waals surface area contributed by atoms with E-state index in [1.807, 2.05) is 48.5 Å². The minimum atomic E-state index is 0.0929. The van der Waals surface area contributed by atoms with Gasteiger partial charge in [0.05, 0.1) is 17.7 Å². The molecule has 0 unspecified atom stereocenters. The summed E-state index contributed by atoms with van der Waals surface area (Å²) in [4.78, 5) is 0. The lowest BCUT2D eigenvalue weighted by atomic mass is 10.1. The number of halogens is 1. The van der Waals surface area contributed by atoms with Crippen molar-refractivity contribution in [2.45, 2.75) is 0 Å². The molecule has 0 amide bonds. The van der Waals surface area contributed by atoms with E-state index in [2.05, 4.69) is 20.4 Å². The maximum absolute atomic E-state index is 9.64. The largest absolute Gasteiger partial charge is 0.508 e. The Kier molecular flexibility index (Phi) is 5.30. The predicted molar refractivity (Wildman–Crippen MR) is 123 cm³/mol. The third-order valence-corrected chi connectivity index (χ3v) is 6.08. The van der Waals surface area contributed by atoms with Crippen molar-refractivity contribution in [3.05, 3.63) is 71.8 Å². The Morgan fingerprint density at radius 3 is 2.31 bits per heavy atom. The quantitative estimate of drug-likeness (QED) is 0.344. The number of benzene rings is 3. The van der Waals surface area contributed by atoms with Gasteiger partial charge >= 0.3 is 0 Å². The molecule has 0 spiro atoms. The van der Waals surface area contributed by atoms with Crippen LogP contribution in [0.3, 0.4) is 0 Å². The summed E-state index contributed by atoms with van der Waals surface area (Å²) in [6.07, 6.45) is 0. The molecule has 0 aliphatic rings. The average molecular weight is 463 g/mol. The topological polar surface area (TPSA) is 94.2 Å². The Balaban J connectivity index is 1.40. The van der Waals surface area contributed by atoms with Gasteiger partial charge in [0.2, 0.25) is 5.89 Å². The monoisotopic (exact) mass is 462 g/mol. The van der Waals surface area contributed by atoms with Gasteiger partial charge in [-0.2, -0.15) is 0 Å². The first-order chi connectivity index (χ1) is 15.6. The van der Waals surface area contributed by atoms with E-state index in [1.165, 1.54) is 30.6 Å². The molecule has 2 aromatic heterocycles. The minimum absolute atomic E-state index is 0.0929. The van der Waals surface area contributed by atoms with Gasteiger partial charge in [-0.3, -0.25) is 0 Å². The molecule has 0 saturated heterocycles. The van der Waals surface area contributed by atoms with Gasteiger partial charge < -0.3 is 14.3 Å². The van der Waals surface area contributed by atoms with Gasteiger partial charge in [-0.25, -0.2) is 0 Å². The highest BCUT2D eigenvalue weighted by atomic mass is 35.5. The zero-order chi connectivity index (χ0) is 22.1. The van der Waals surface area contributed by atoms with Crippen LogP contribution in [0.15, 0.2) is 71.1 Å². The first kappa shape index (κ1) is 20.2. The van der Waals surface area contributed by atoms with Gasteiger partial charge in [0.1, 0.15) is 21.5 Å². The zero-order valence-corrected chi connectivity index (χ0v) is 18.3. The standard InChI is InChI=1S/C23H15ClN4O3S/c1-30-19-12-15(29)10-11-17(19)21-26-25-20(31-21)13-6-8-14(9-7-13)22-27-28-23(32-22)16-4-2-3-5-18(16)24/h2-12,29H,1H3. The minimum Gasteiger partial charge on any atom is -0.508 e. The van der Waals surface area contributed by atoms with E-state index in [0.29, 0.717) is 28.1 Å². The number of aromatic nitrogens is 4. The average Bonchev–Trinajstić information content (AvgIpc) is 3.50. The molecule has 2 heterocycles. The SMILES string of the molecule is COc1cc(O)ccc1-c1nnc(-c2ccc(-c3nnc(-c4ccccc4Cl)s3)cc2)o1. The van der Waals surface area contributed by atoms with Crippen LogP contribution in [0, 0.1) is 0 Å². The highest BCUT2D eigenvalue weighted by Crippen LogP contribution is 2.36. The van der Waals surface area contributed by atoms with Crippen LogP contribution in [0.2, 0.25) is 5.02 Å². The number of hydrogen-bond donors (Lipinski definition) is 1. The molecule has 1 N–H and O–H groups in total. The van der Waals surface area contributed by atoms with Gasteiger partial charge in [0.25, 0.3) is 5.89 Å². The molecule has 3 aromatic carbocycles. The number of phenols is 1. The molecule has 9 heteroatoms. The summed E-state index contributed by atoms with van der Waals surface area (Å²) in [5, 5.41) is 28.7. The summed E-state index contributed by atoms with van der Waals surface area (Å²) in [7, 11) is 1.51. The fourth-order valence-electron chi connectivity index (χ4n) is 3.14. The fourth-order valence-corrected chi connectivity index (χ4v) is 4.31. The van der Waals surface area contributed by atoms with Crippen molar-refractivity contribution < 1.29 is 14.3 Å². The molecule has 0 aliphatic heterocycles. The van der Waals surface area contributed by atoms with Crippen LogP contribution in [0.5, 0.6) is 11.5 Å². The molecule has 0 radical (unpaired) electrons. The first-order valence-corrected chi connectivity index (χ1v) is 10.7. The Hall–Kier alpha value is -3.75. The second kappa shape index (κ2) is 8.41. The van der Waals surface area contributed by atoms with Crippen LogP contribution in [0.25, 0.3) is 44.1 Å². The van der Waals surface area contributed by atoms with Crippen LogP contribution in [0.1, 0.15) is 0 Å². The molecule has 32 heavy (non-hydrogen) atoms. The van der Waals surface area contributed by atoms with Gasteiger partial charge in [-0.1, -0.05) is 53.3 Å². The van der Waals surface area contributed by atoms with E-state index < -0.39 is 0 Å². The van der Waals surface area contributed by atoms with Crippen LogP contribution < -0.4 is 4.74 Å². The van der Waals surface area contributed by atoms with E-state index in [9.17, 15) is 5.11 Å². The normalized spacial score (nSPS) is 10.9. The lowest BCUT2D eigenvalue weighted by Crippen LogP contribution is -1.87. The van der Waals surface area contributed by atoms with Crippen molar-refractivity contribution in [1.29, 1.82) is 0 Å². The third-order valence-electron chi connectivity index (χ3n) is 4.75. The summed E-state index contributed by atoms with van der Waals surface area (Å²) in [6.45, 7) is 0. The van der Waals surface area contributed by atoms with Gasteiger partial charge in [-0.05, 0) is 30.3 Å². The smallest absolute Gasteiger partial charge is 0.251 e. The van der Waals surface area contributed by atoms with Crippen LogP contribution in [-0.2, 0) is 0 Å². The molecule has 0 bridgehead atoms. The maximum atomic E-state index is 9.64. The van der Waals surface area contributed by atoms with E-state index in [-0.39, 0.29) is 5.75 Å². The highest BCUT2D eigenvalue weighted by molar-refractivity contribution is 7.18. The van der Waals surface area contributed by atoms with Crippen LogP contribution in [-0.4, -0.2) is 32.6 Å². The van der Waals surface area contributed by atoms with Gasteiger partial charge in [0, 0.05) is 22.8 Å². The molecule has 158 valence electrons. The number of aromatic hydroxyl groups is 1. The Morgan fingerprint density at radius 2 is 1.53 bits per heavy atom. The summed E-state index contributed by atoms with van der Waals surface area (Å²) in [6, 6.07) is 19.9. The first-order valence-electron chi connectivity index (χ1n) is 9.52. The zero-order valence-electron chi connectivity index (χ0n) is 16.7. The summed E-state index contributed by atoms with van der Waals surface area (Å²) >= 11 is 7.74. The summed E-state index contributed by atoms with van der Waals surface area (Å²) < 4.78 is 11.1. The third kappa shape index (κ3) is 3.81. The number of nitrogens with zero attached hydrogens (tertiary/aromatic N) is 4. The van der Waals surface area contributed by atoms with Crippen molar-refractivity contribution in [3.8, 4) is 55.5 Å². The highest BCUT2D eigenvalue weighted by Gasteiger charge is 2.16. The Labute approximate surface area is 191 Å². The van der Waals surface area contributed by atoms with Crippen LogP contribution >= 0.6 is 22.9 Å². The van der Waals surface area contributed by atoms with E-state index >= 15 is 0 Å². The van der Waals surface area contributed by atoms with Crippen molar-refractivity contribution >= 4 is 22.9 Å². The summed E-state index contributed by atoms with van der Waals surface area (Å²) in [5.41, 5.74) is 3.14. The van der Waals surface area contributed by atoms with E-state index in [4.69, 9.17) is 20.8 Å². The molecular formula is C23H15ClN4O3S. The van der Waals surface area contributed by atoms with Crippen molar-refractivity contribution in [2.24, 2.45) is 0 Å². The van der Waals surface area contributed by atoms with E-state index in [0.717, 1.165) is 26.7 Å². The molecular weight excluding hydrogens is 448 g/mol. The fraction of sp³-hybridized carbons (Fsp3) is 0.0435. The summed E-state index contributed by atoms with van der Waals surface area (Å²) in [5.74, 6) is 1.21. The van der Waals surface area contributed by atoms with E-state index in [1.54, 1.807) is 6.07 Å². The second-order valence-electron chi connectivity index (χ2n) is 6.77. The lowest BCUT2D eigenvalue weighted by molar-refractivity contribution is 0.407.